The summed E-state index contributed by atoms with van der Waals surface area (Å²) in [5, 5.41) is 4.31. The van der Waals surface area contributed by atoms with Gasteiger partial charge >= 0.3 is 5.63 Å². The molecule has 0 saturated heterocycles. The van der Waals surface area contributed by atoms with E-state index in [1.165, 1.54) is 17.4 Å². The van der Waals surface area contributed by atoms with Crippen LogP contribution in [-0.4, -0.2) is 25.1 Å². The molecule has 0 radical (unpaired) electrons. The summed E-state index contributed by atoms with van der Waals surface area (Å²) in [6.45, 7) is 1.80. The first kappa shape index (κ1) is 19.7. The zero-order valence-electron chi connectivity index (χ0n) is 16.5. The number of aryl methyl sites for hydroxylation is 1. The van der Waals surface area contributed by atoms with Gasteiger partial charge in [-0.3, -0.25) is 4.79 Å². The Labute approximate surface area is 175 Å². The average molecular weight is 422 g/mol. The fourth-order valence-electron chi connectivity index (χ4n) is 3.04. The first-order valence-electron chi connectivity index (χ1n) is 9.03. The minimum atomic E-state index is -0.415. The van der Waals surface area contributed by atoms with E-state index in [4.69, 9.17) is 13.9 Å². The topological polar surface area (TPSA) is 90.7 Å². The molecule has 1 amide bonds. The maximum absolute atomic E-state index is 12.8. The zero-order chi connectivity index (χ0) is 21.3. The maximum Gasteiger partial charge on any atom is 0.336 e. The molecule has 2 aromatic heterocycles. The van der Waals surface area contributed by atoms with E-state index in [0.717, 1.165) is 10.9 Å². The van der Waals surface area contributed by atoms with Crippen LogP contribution in [0.5, 0.6) is 11.5 Å². The van der Waals surface area contributed by atoms with Gasteiger partial charge in [-0.15, -0.1) is 11.3 Å². The number of hydrogen-bond donors (Lipinski definition) is 1. The SMILES string of the molecule is COc1ccc(-c2nc(C)c(C(=O)Nc3ccc4oc(=O)ccc4c3)s2)cc1OC. The lowest BCUT2D eigenvalue weighted by atomic mass is 10.2. The molecule has 8 heteroatoms. The predicted octanol–water partition coefficient (Wildman–Crippen LogP) is 4.49. The van der Waals surface area contributed by atoms with Gasteiger partial charge in [0.2, 0.25) is 0 Å². The number of aromatic nitrogens is 1. The lowest BCUT2D eigenvalue weighted by Crippen LogP contribution is -2.11. The molecule has 1 N–H and O–H groups in total. The highest BCUT2D eigenvalue weighted by molar-refractivity contribution is 7.17. The Morgan fingerprint density at radius 3 is 2.60 bits per heavy atom. The van der Waals surface area contributed by atoms with Gasteiger partial charge in [0.1, 0.15) is 15.5 Å². The quantitative estimate of drug-likeness (QED) is 0.477. The fraction of sp³-hybridized carbons (Fsp3) is 0.136. The molecule has 0 spiro atoms. The van der Waals surface area contributed by atoms with Crippen molar-refractivity contribution in [3.63, 3.8) is 0 Å². The number of fused-ring (bicyclic) bond motifs is 1. The maximum atomic E-state index is 12.8. The molecule has 0 saturated carbocycles. The Balaban J connectivity index is 1.61. The van der Waals surface area contributed by atoms with E-state index in [-0.39, 0.29) is 5.91 Å². The number of methoxy groups -OCH3 is 2. The number of amides is 1. The molecule has 2 heterocycles. The van der Waals surface area contributed by atoms with Crippen molar-refractivity contribution in [1.29, 1.82) is 0 Å². The Bertz CT molecular complexity index is 1310. The number of hydrogen-bond acceptors (Lipinski definition) is 7. The van der Waals surface area contributed by atoms with E-state index < -0.39 is 5.63 Å². The Kier molecular flexibility index (Phi) is 5.24. The molecule has 2 aromatic carbocycles. The lowest BCUT2D eigenvalue weighted by Gasteiger charge is -2.08. The number of nitrogens with one attached hydrogen (secondary N) is 1. The molecule has 4 aromatic rings. The van der Waals surface area contributed by atoms with Crippen LogP contribution in [0.1, 0.15) is 15.4 Å². The van der Waals surface area contributed by atoms with E-state index >= 15 is 0 Å². The highest BCUT2D eigenvalue weighted by atomic mass is 32.1. The number of carbonyl (C=O) groups is 1. The summed E-state index contributed by atoms with van der Waals surface area (Å²) >= 11 is 1.30. The van der Waals surface area contributed by atoms with Crippen LogP contribution in [0.3, 0.4) is 0 Å². The lowest BCUT2D eigenvalue weighted by molar-refractivity contribution is 0.103. The Hall–Kier alpha value is -3.65. The van der Waals surface area contributed by atoms with Crippen molar-refractivity contribution in [1.82, 2.24) is 4.98 Å². The average Bonchev–Trinajstić information content (AvgIpc) is 3.15. The smallest absolute Gasteiger partial charge is 0.336 e. The molecule has 152 valence electrons. The third-order valence-electron chi connectivity index (χ3n) is 4.51. The first-order valence-corrected chi connectivity index (χ1v) is 9.85. The van der Waals surface area contributed by atoms with E-state index in [1.807, 2.05) is 12.1 Å². The highest BCUT2D eigenvalue weighted by Crippen LogP contribution is 2.35. The number of anilines is 1. The van der Waals surface area contributed by atoms with Gasteiger partial charge in [-0.05, 0) is 49.4 Å². The fourth-order valence-corrected chi connectivity index (χ4v) is 4.00. The van der Waals surface area contributed by atoms with Gasteiger partial charge < -0.3 is 19.2 Å². The van der Waals surface area contributed by atoms with Gasteiger partial charge in [0.15, 0.2) is 11.5 Å². The van der Waals surface area contributed by atoms with Gasteiger partial charge in [-0.2, -0.15) is 0 Å². The number of carbonyl (C=O) groups excluding carboxylic acids is 1. The summed E-state index contributed by atoms with van der Waals surface area (Å²) in [5.41, 5.74) is 2.11. The number of thiazole rings is 1. The highest BCUT2D eigenvalue weighted by Gasteiger charge is 2.18. The molecular weight excluding hydrogens is 404 g/mol. The van der Waals surface area contributed by atoms with E-state index in [1.54, 1.807) is 51.5 Å². The summed E-state index contributed by atoms with van der Waals surface area (Å²) in [5.74, 6) is 0.963. The van der Waals surface area contributed by atoms with Gasteiger partial charge in [0.25, 0.3) is 5.91 Å². The van der Waals surface area contributed by atoms with Crippen LogP contribution < -0.4 is 20.4 Å². The van der Waals surface area contributed by atoms with Crippen LogP contribution in [0, 0.1) is 6.92 Å². The number of benzene rings is 2. The van der Waals surface area contributed by atoms with Crippen LogP contribution >= 0.6 is 11.3 Å². The van der Waals surface area contributed by atoms with Gasteiger partial charge in [-0.1, -0.05) is 0 Å². The van der Waals surface area contributed by atoms with Crippen molar-refractivity contribution >= 4 is 33.9 Å². The molecule has 7 nitrogen and oxygen atoms in total. The second-order valence-corrected chi connectivity index (χ2v) is 7.46. The van der Waals surface area contributed by atoms with Crippen LogP contribution in [0.25, 0.3) is 21.5 Å². The van der Waals surface area contributed by atoms with Crippen molar-refractivity contribution in [2.75, 3.05) is 19.5 Å². The molecule has 30 heavy (non-hydrogen) atoms. The molecule has 0 aliphatic carbocycles. The van der Waals surface area contributed by atoms with E-state index in [9.17, 15) is 9.59 Å². The van der Waals surface area contributed by atoms with Gasteiger partial charge in [0.05, 0.1) is 19.9 Å². The van der Waals surface area contributed by atoms with Crippen LogP contribution in [-0.2, 0) is 0 Å². The monoisotopic (exact) mass is 422 g/mol. The van der Waals surface area contributed by atoms with Crippen molar-refractivity contribution in [3.05, 3.63) is 69.5 Å². The van der Waals surface area contributed by atoms with Crippen LogP contribution in [0.15, 0.2) is 57.7 Å². The standard InChI is InChI=1S/C22H18N2O5S/c1-12-20(30-22(23-12)14-4-7-17(27-2)18(11-14)28-3)21(26)24-15-6-8-16-13(10-15)5-9-19(25)29-16/h4-11H,1-3H3,(H,24,26). The number of rotatable bonds is 5. The zero-order valence-corrected chi connectivity index (χ0v) is 17.3. The van der Waals surface area contributed by atoms with E-state index in [0.29, 0.717) is 38.3 Å². The van der Waals surface area contributed by atoms with Crippen LogP contribution in [0.4, 0.5) is 5.69 Å². The molecule has 4 rings (SSSR count). The summed E-state index contributed by atoms with van der Waals surface area (Å²) in [4.78, 5) is 29.2. The largest absolute Gasteiger partial charge is 0.493 e. The molecule has 0 aliphatic rings. The molecule has 0 aliphatic heterocycles. The summed E-state index contributed by atoms with van der Waals surface area (Å²) in [7, 11) is 3.15. The summed E-state index contributed by atoms with van der Waals surface area (Å²) in [6.07, 6.45) is 0. The Morgan fingerprint density at radius 1 is 1.03 bits per heavy atom. The molecular formula is C22H18N2O5S. The second-order valence-electron chi connectivity index (χ2n) is 6.46. The third-order valence-corrected chi connectivity index (χ3v) is 5.72. The number of nitrogens with zero attached hydrogens (tertiary/aromatic N) is 1. The minimum Gasteiger partial charge on any atom is -0.493 e. The molecule has 0 unspecified atom stereocenters. The second kappa shape index (κ2) is 8.00. The Morgan fingerprint density at radius 2 is 1.83 bits per heavy atom. The van der Waals surface area contributed by atoms with Gasteiger partial charge in [-0.25, -0.2) is 9.78 Å². The normalized spacial score (nSPS) is 10.8. The predicted molar refractivity (Wildman–Crippen MR) is 116 cm³/mol. The minimum absolute atomic E-state index is 0.256. The number of ether oxygens (including phenoxy) is 2. The van der Waals surface area contributed by atoms with Crippen molar-refractivity contribution < 1.29 is 18.7 Å². The summed E-state index contributed by atoms with van der Waals surface area (Å²) in [6, 6.07) is 13.6. The van der Waals surface area contributed by atoms with Crippen LogP contribution in [0.2, 0.25) is 0 Å². The third kappa shape index (κ3) is 3.77. The van der Waals surface area contributed by atoms with Crippen molar-refractivity contribution in [2.45, 2.75) is 6.92 Å². The molecule has 0 atom stereocenters. The molecule has 0 bridgehead atoms. The van der Waals surface area contributed by atoms with Crippen molar-refractivity contribution in [3.8, 4) is 22.1 Å². The van der Waals surface area contributed by atoms with Gasteiger partial charge in [0, 0.05) is 22.7 Å². The van der Waals surface area contributed by atoms with Crippen molar-refractivity contribution in [2.24, 2.45) is 0 Å². The first-order chi connectivity index (χ1) is 14.5. The summed E-state index contributed by atoms with van der Waals surface area (Å²) < 4.78 is 15.7. The van der Waals surface area contributed by atoms with E-state index in [2.05, 4.69) is 10.3 Å². The molecule has 0 fully saturated rings.